The Hall–Kier alpha value is -1.17. The van der Waals surface area contributed by atoms with Crippen LogP contribution in [0.15, 0.2) is 36.7 Å². The van der Waals surface area contributed by atoms with E-state index in [1.54, 1.807) is 16.9 Å². The van der Waals surface area contributed by atoms with E-state index in [-0.39, 0.29) is 0 Å². The number of nitrogens with zero attached hydrogens (tertiary/aromatic N) is 2. The van der Waals surface area contributed by atoms with Crippen molar-refractivity contribution in [1.82, 2.24) is 9.78 Å². The van der Waals surface area contributed by atoms with Crippen molar-refractivity contribution in [3.63, 3.8) is 0 Å². The second kappa shape index (κ2) is 3.91. The minimum Gasteiger partial charge on any atom is -0.298 e. The molecule has 2 aromatic rings. The molecule has 2 rings (SSSR count). The van der Waals surface area contributed by atoms with Crippen LogP contribution in [0.5, 0.6) is 0 Å². The topological polar surface area (TPSA) is 34.9 Å². The summed E-state index contributed by atoms with van der Waals surface area (Å²) < 4.78 is 2.74. The molecule has 1 heterocycles. The maximum absolute atomic E-state index is 10.8. The highest BCUT2D eigenvalue weighted by molar-refractivity contribution is 14.1. The Morgan fingerprint density at radius 1 is 1.36 bits per heavy atom. The molecule has 0 amide bonds. The van der Waals surface area contributed by atoms with Gasteiger partial charge in [-0.15, -0.1) is 0 Å². The van der Waals surface area contributed by atoms with Gasteiger partial charge in [0.1, 0.15) is 0 Å². The highest BCUT2D eigenvalue weighted by Gasteiger charge is 2.03. The van der Waals surface area contributed by atoms with Crippen LogP contribution in [-0.2, 0) is 0 Å². The molecule has 0 bridgehead atoms. The van der Waals surface area contributed by atoms with Crippen LogP contribution >= 0.6 is 22.6 Å². The first-order valence-corrected chi connectivity index (χ1v) is 5.14. The molecule has 0 N–H and O–H groups in total. The highest BCUT2D eigenvalue weighted by Crippen LogP contribution is 2.13. The molecule has 4 heteroatoms. The first-order chi connectivity index (χ1) is 6.81. The summed E-state index contributed by atoms with van der Waals surface area (Å²) >= 11 is 2.18. The molecule has 14 heavy (non-hydrogen) atoms. The minimum absolute atomic E-state index is 0.645. The zero-order chi connectivity index (χ0) is 9.97. The van der Waals surface area contributed by atoms with Gasteiger partial charge < -0.3 is 0 Å². The van der Waals surface area contributed by atoms with Gasteiger partial charge in [-0.1, -0.05) is 12.1 Å². The van der Waals surface area contributed by atoms with Crippen LogP contribution in [0.4, 0.5) is 0 Å². The molecule has 3 nitrogen and oxygen atoms in total. The lowest BCUT2D eigenvalue weighted by Crippen LogP contribution is -1.98. The van der Waals surface area contributed by atoms with Crippen LogP contribution in [-0.4, -0.2) is 16.1 Å². The van der Waals surface area contributed by atoms with Gasteiger partial charge in [-0.05, 0) is 34.7 Å². The number of halogens is 1. The SMILES string of the molecule is O=Cc1ccccc1-n1cc(I)cn1. The van der Waals surface area contributed by atoms with Gasteiger partial charge in [0.2, 0.25) is 0 Å². The summed E-state index contributed by atoms with van der Waals surface area (Å²) in [6, 6.07) is 7.36. The molecule has 0 aliphatic carbocycles. The van der Waals surface area contributed by atoms with E-state index in [1.165, 1.54) is 0 Å². The van der Waals surface area contributed by atoms with Crippen molar-refractivity contribution in [3.05, 3.63) is 45.8 Å². The lowest BCUT2D eigenvalue weighted by atomic mass is 10.2. The van der Waals surface area contributed by atoms with Gasteiger partial charge in [-0.25, -0.2) is 4.68 Å². The van der Waals surface area contributed by atoms with Crippen LogP contribution < -0.4 is 0 Å². The van der Waals surface area contributed by atoms with E-state index in [2.05, 4.69) is 27.7 Å². The molecule has 0 spiro atoms. The van der Waals surface area contributed by atoms with E-state index in [9.17, 15) is 4.79 Å². The summed E-state index contributed by atoms with van der Waals surface area (Å²) in [6.07, 6.45) is 4.47. The quantitative estimate of drug-likeness (QED) is 0.630. The molecule has 0 unspecified atom stereocenters. The number of rotatable bonds is 2. The van der Waals surface area contributed by atoms with Gasteiger partial charge in [-0.2, -0.15) is 5.10 Å². The Bertz CT molecular complexity index is 465. The van der Waals surface area contributed by atoms with E-state index in [0.29, 0.717) is 5.56 Å². The number of aldehydes is 1. The smallest absolute Gasteiger partial charge is 0.152 e. The fourth-order valence-corrected chi connectivity index (χ4v) is 1.62. The van der Waals surface area contributed by atoms with Crippen LogP contribution in [0.3, 0.4) is 0 Å². The largest absolute Gasteiger partial charge is 0.298 e. The molecule has 1 aromatic heterocycles. The van der Waals surface area contributed by atoms with Gasteiger partial charge in [0.25, 0.3) is 0 Å². The number of hydrogen-bond acceptors (Lipinski definition) is 2. The standard InChI is InChI=1S/C10H7IN2O/c11-9-5-12-13(6-9)10-4-2-1-3-8(10)7-14/h1-7H. The number of benzene rings is 1. The molecule has 0 aliphatic rings. The minimum atomic E-state index is 0.645. The summed E-state index contributed by atoms with van der Waals surface area (Å²) in [5, 5.41) is 4.14. The summed E-state index contributed by atoms with van der Waals surface area (Å²) in [5.74, 6) is 0. The summed E-state index contributed by atoms with van der Waals surface area (Å²) in [4.78, 5) is 10.8. The zero-order valence-corrected chi connectivity index (χ0v) is 9.38. The monoisotopic (exact) mass is 298 g/mol. The van der Waals surface area contributed by atoms with Gasteiger partial charge in [0.15, 0.2) is 6.29 Å². The third-order valence-electron chi connectivity index (χ3n) is 1.86. The van der Waals surface area contributed by atoms with E-state index < -0.39 is 0 Å². The maximum Gasteiger partial charge on any atom is 0.152 e. The van der Waals surface area contributed by atoms with Crippen molar-refractivity contribution >= 4 is 28.9 Å². The third kappa shape index (κ3) is 1.70. The predicted octanol–water partition coefficient (Wildman–Crippen LogP) is 2.29. The molecule has 0 aliphatic heterocycles. The highest BCUT2D eigenvalue weighted by atomic mass is 127. The van der Waals surface area contributed by atoms with E-state index >= 15 is 0 Å². The third-order valence-corrected chi connectivity index (χ3v) is 2.42. The number of para-hydroxylation sites is 1. The molecule has 0 saturated carbocycles. The van der Waals surface area contributed by atoms with Gasteiger partial charge in [-0.3, -0.25) is 4.79 Å². The van der Waals surface area contributed by atoms with Gasteiger partial charge in [0, 0.05) is 11.8 Å². The molecule has 0 radical (unpaired) electrons. The van der Waals surface area contributed by atoms with Crippen LogP contribution in [0.2, 0.25) is 0 Å². The molecule has 0 atom stereocenters. The number of carbonyl (C=O) groups is 1. The number of hydrogen-bond donors (Lipinski definition) is 0. The summed E-state index contributed by atoms with van der Waals surface area (Å²) in [5.41, 5.74) is 1.46. The lowest BCUT2D eigenvalue weighted by molar-refractivity contribution is 0.112. The molecular weight excluding hydrogens is 291 g/mol. The second-order valence-corrected chi connectivity index (χ2v) is 4.03. The van der Waals surface area contributed by atoms with Crippen molar-refractivity contribution in [2.45, 2.75) is 0 Å². The van der Waals surface area contributed by atoms with Crippen molar-refractivity contribution in [2.75, 3.05) is 0 Å². The van der Waals surface area contributed by atoms with Gasteiger partial charge >= 0.3 is 0 Å². The molecule has 0 fully saturated rings. The van der Waals surface area contributed by atoms with Crippen molar-refractivity contribution in [3.8, 4) is 5.69 Å². The van der Waals surface area contributed by atoms with Crippen LogP contribution in [0.25, 0.3) is 5.69 Å². The Morgan fingerprint density at radius 2 is 2.14 bits per heavy atom. The van der Waals surface area contributed by atoms with Crippen LogP contribution in [0, 0.1) is 3.57 Å². The van der Waals surface area contributed by atoms with E-state index in [1.807, 2.05) is 24.4 Å². The summed E-state index contributed by atoms with van der Waals surface area (Å²) in [6.45, 7) is 0. The number of carbonyl (C=O) groups excluding carboxylic acids is 1. The van der Waals surface area contributed by atoms with Crippen molar-refractivity contribution in [2.24, 2.45) is 0 Å². The van der Waals surface area contributed by atoms with E-state index in [0.717, 1.165) is 15.5 Å². The average Bonchev–Trinajstić information content (AvgIpc) is 2.65. The molecule has 70 valence electrons. The normalized spacial score (nSPS) is 10.1. The van der Waals surface area contributed by atoms with E-state index in [4.69, 9.17) is 0 Å². The Labute approximate surface area is 94.9 Å². The molecular formula is C10H7IN2O. The Morgan fingerprint density at radius 3 is 2.79 bits per heavy atom. The summed E-state index contributed by atoms with van der Waals surface area (Å²) in [7, 11) is 0. The van der Waals surface area contributed by atoms with Crippen molar-refractivity contribution in [1.29, 1.82) is 0 Å². The zero-order valence-electron chi connectivity index (χ0n) is 7.22. The molecule has 1 aromatic carbocycles. The second-order valence-electron chi connectivity index (χ2n) is 2.78. The van der Waals surface area contributed by atoms with Gasteiger partial charge in [0.05, 0.1) is 15.5 Å². The first kappa shape index (κ1) is 9.39. The molecule has 0 saturated heterocycles. The van der Waals surface area contributed by atoms with Crippen LogP contribution in [0.1, 0.15) is 10.4 Å². The fourth-order valence-electron chi connectivity index (χ4n) is 1.23. The Kier molecular flexibility index (Phi) is 2.62. The first-order valence-electron chi connectivity index (χ1n) is 4.06. The average molecular weight is 298 g/mol. The lowest BCUT2D eigenvalue weighted by Gasteiger charge is -2.02. The maximum atomic E-state index is 10.8. The number of aromatic nitrogens is 2. The predicted molar refractivity (Wildman–Crippen MR) is 61.7 cm³/mol. The van der Waals surface area contributed by atoms with Crippen molar-refractivity contribution < 1.29 is 4.79 Å². The fraction of sp³-hybridized carbons (Fsp3) is 0. The Balaban J connectivity index is 2.55.